The summed E-state index contributed by atoms with van der Waals surface area (Å²) in [5.74, 6) is 3.53. The number of para-hydroxylation sites is 1. The fourth-order valence-corrected chi connectivity index (χ4v) is 3.26. The van der Waals surface area contributed by atoms with E-state index in [1.807, 2.05) is 37.3 Å². The molecule has 0 aromatic heterocycles. The first kappa shape index (κ1) is 21.3. The van der Waals surface area contributed by atoms with Crippen LogP contribution < -0.4 is 9.47 Å². The molecule has 3 heteroatoms. The third-order valence-corrected chi connectivity index (χ3v) is 4.72. The van der Waals surface area contributed by atoms with Gasteiger partial charge in [-0.2, -0.15) is 0 Å². The van der Waals surface area contributed by atoms with Crippen LogP contribution >= 0.6 is 0 Å². The Morgan fingerprint density at radius 3 is 2.19 bits per heavy atom. The van der Waals surface area contributed by atoms with E-state index in [1.165, 1.54) is 12.0 Å². The fraction of sp³-hybridized carbons (Fsp3) is 0.500. The summed E-state index contributed by atoms with van der Waals surface area (Å²) in [7, 11) is 0. The van der Waals surface area contributed by atoms with Gasteiger partial charge in [-0.3, -0.25) is 0 Å². The van der Waals surface area contributed by atoms with E-state index in [9.17, 15) is 0 Å². The number of ether oxygens (including phenoxy) is 3. The van der Waals surface area contributed by atoms with Crippen LogP contribution in [0.15, 0.2) is 48.5 Å². The Bertz CT molecular complexity index is 679. The van der Waals surface area contributed by atoms with E-state index < -0.39 is 0 Å². The highest BCUT2D eigenvalue weighted by Crippen LogP contribution is 2.33. The summed E-state index contributed by atoms with van der Waals surface area (Å²) in [5, 5.41) is 0. The molecular formula is C24H34O3. The summed E-state index contributed by atoms with van der Waals surface area (Å²) < 4.78 is 17.1. The Hall–Kier alpha value is -2.00. The molecule has 0 bridgehead atoms. The van der Waals surface area contributed by atoms with Gasteiger partial charge in [0.2, 0.25) is 6.29 Å². The molecule has 0 aliphatic heterocycles. The van der Waals surface area contributed by atoms with Gasteiger partial charge in [-0.15, -0.1) is 0 Å². The summed E-state index contributed by atoms with van der Waals surface area (Å²) in [6.07, 6.45) is 0.822. The van der Waals surface area contributed by atoms with Gasteiger partial charge in [0.25, 0.3) is 0 Å². The van der Waals surface area contributed by atoms with Gasteiger partial charge in [-0.25, -0.2) is 0 Å². The van der Waals surface area contributed by atoms with Crippen molar-refractivity contribution in [1.29, 1.82) is 0 Å². The van der Waals surface area contributed by atoms with Crippen molar-refractivity contribution in [2.75, 3.05) is 6.79 Å². The molecule has 148 valence electrons. The lowest BCUT2D eigenvalue weighted by molar-refractivity contribution is -0.117. The number of aryl methyl sites for hydroxylation is 1. The molecule has 0 aliphatic carbocycles. The third-order valence-electron chi connectivity index (χ3n) is 4.72. The molecule has 0 fully saturated rings. The van der Waals surface area contributed by atoms with Gasteiger partial charge in [0.1, 0.15) is 11.5 Å². The Morgan fingerprint density at radius 2 is 1.59 bits per heavy atom. The minimum absolute atomic E-state index is 0.159. The maximum Gasteiger partial charge on any atom is 0.200 e. The number of hydrogen-bond donors (Lipinski definition) is 0. The van der Waals surface area contributed by atoms with Crippen LogP contribution in [0.5, 0.6) is 11.5 Å². The van der Waals surface area contributed by atoms with E-state index in [0.29, 0.717) is 17.8 Å². The molecule has 2 aromatic rings. The van der Waals surface area contributed by atoms with Crippen molar-refractivity contribution in [3.8, 4) is 11.5 Å². The second-order valence-electron chi connectivity index (χ2n) is 7.93. The van der Waals surface area contributed by atoms with Gasteiger partial charge in [-0.1, -0.05) is 58.0 Å². The molecule has 0 N–H and O–H groups in total. The molecule has 0 radical (unpaired) electrons. The smallest absolute Gasteiger partial charge is 0.200 e. The first-order chi connectivity index (χ1) is 12.9. The molecule has 0 amide bonds. The quantitative estimate of drug-likeness (QED) is 0.443. The summed E-state index contributed by atoms with van der Waals surface area (Å²) in [6.45, 7) is 13.3. The van der Waals surface area contributed by atoms with E-state index in [0.717, 1.165) is 17.1 Å². The summed E-state index contributed by atoms with van der Waals surface area (Å²) >= 11 is 0. The van der Waals surface area contributed by atoms with E-state index >= 15 is 0 Å². The Labute approximate surface area is 164 Å². The van der Waals surface area contributed by atoms with Crippen molar-refractivity contribution in [3.05, 3.63) is 59.7 Å². The van der Waals surface area contributed by atoms with Crippen LogP contribution in [-0.2, 0) is 4.74 Å². The van der Waals surface area contributed by atoms with Crippen molar-refractivity contribution < 1.29 is 14.2 Å². The lowest BCUT2D eigenvalue weighted by Crippen LogP contribution is -2.20. The molecule has 3 nitrogen and oxygen atoms in total. The zero-order valence-electron chi connectivity index (χ0n) is 17.6. The second kappa shape index (κ2) is 10.4. The maximum atomic E-state index is 5.96. The molecule has 27 heavy (non-hydrogen) atoms. The monoisotopic (exact) mass is 370 g/mol. The number of benzene rings is 2. The normalized spacial score (nSPS) is 13.6. The van der Waals surface area contributed by atoms with Gasteiger partial charge in [-0.05, 0) is 67.3 Å². The zero-order valence-corrected chi connectivity index (χ0v) is 17.6. The lowest BCUT2D eigenvalue weighted by atomic mass is 9.82. The van der Waals surface area contributed by atoms with E-state index in [2.05, 4.69) is 52.8 Å². The molecule has 0 spiro atoms. The van der Waals surface area contributed by atoms with Gasteiger partial charge in [0.15, 0.2) is 6.79 Å². The summed E-state index contributed by atoms with van der Waals surface area (Å²) in [5.41, 5.74) is 2.53. The summed E-state index contributed by atoms with van der Waals surface area (Å²) in [4.78, 5) is 0. The SMILES string of the molecule is Cc1cc(C(CC(C)C)C(C)C)ccc1OC(C)OCOc1ccccc1. The third kappa shape index (κ3) is 6.91. The molecule has 2 unspecified atom stereocenters. The Morgan fingerprint density at radius 1 is 0.889 bits per heavy atom. The van der Waals surface area contributed by atoms with Crippen molar-refractivity contribution in [1.82, 2.24) is 0 Å². The Kier molecular flexibility index (Phi) is 8.18. The standard InChI is InChI=1S/C24H34O3/c1-17(2)14-23(18(3)4)21-12-13-24(19(5)15-21)27-20(6)25-16-26-22-10-8-7-9-11-22/h7-13,15,17-18,20,23H,14,16H2,1-6H3. The average molecular weight is 371 g/mol. The molecule has 0 saturated carbocycles. The van der Waals surface area contributed by atoms with Crippen LogP contribution in [0, 0.1) is 18.8 Å². The van der Waals surface area contributed by atoms with Crippen LogP contribution in [-0.4, -0.2) is 13.1 Å². The van der Waals surface area contributed by atoms with Crippen LogP contribution in [0.2, 0.25) is 0 Å². The highest BCUT2D eigenvalue weighted by molar-refractivity contribution is 5.38. The largest absolute Gasteiger partial charge is 0.467 e. The van der Waals surface area contributed by atoms with Gasteiger partial charge in [0, 0.05) is 0 Å². The topological polar surface area (TPSA) is 27.7 Å². The molecule has 0 heterocycles. The summed E-state index contributed by atoms with van der Waals surface area (Å²) in [6, 6.07) is 16.2. The minimum Gasteiger partial charge on any atom is -0.467 e. The predicted octanol–water partition coefficient (Wildman–Crippen LogP) is 6.56. The molecule has 0 saturated heterocycles. The van der Waals surface area contributed by atoms with Gasteiger partial charge < -0.3 is 14.2 Å². The lowest BCUT2D eigenvalue weighted by Gasteiger charge is -2.25. The van der Waals surface area contributed by atoms with Crippen LogP contribution in [0.3, 0.4) is 0 Å². The van der Waals surface area contributed by atoms with Crippen LogP contribution in [0.4, 0.5) is 0 Å². The molecule has 0 aliphatic rings. The molecule has 2 aromatic carbocycles. The van der Waals surface area contributed by atoms with E-state index in [-0.39, 0.29) is 13.1 Å². The highest BCUT2D eigenvalue weighted by atomic mass is 16.7. The van der Waals surface area contributed by atoms with Crippen molar-refractivity contribution in [2.24, 2.45) is 11.8 Å². The fourth-order valence-electron chi connectivity index (χ4n) is 3.26. The molecule has 2 atom stereocenters. The zero-order chi connectivity index (χ0) is 19.8. The van der Waals surface area contributed by atoms with Crippen molar-refractivity contribution in [3.63, 3.8) is 0 Å². The van der Waals surface area contributed by atoms with Gasteiger partial charge in [0.05, 0.1) is 0 Å². The first-order valence-electron chi connectivity index (χ1n) is 9.93. The molecular weight excluding hydrogens is 336 g/mol. The number of rotatable bonds is 10. The predicted molar refractivity (Wildman–Crippen MR) is 111 cm³/mol. The van der Waals surface area contributed by atoms with Crippen molar-refractivity contribution in [2.45, 2.75) is 60.2 Å². The second-order valence-corrected chi connectivity index (χ2v) is 7.93. The van der Waals surface area contributed by atoms with Gasteiger partial charge >= 0.3 is 0 Å². The average Bonchev–Trinajstić information content (AvgIpc) is 2.62. The highest BCUT2D eigenvalue weighted by Gasteiger charge is 2.18. The molecule has 2 rings (SSSR count). The van der Waals surface area contributed by atoms with E-state index in [1.54, 1.807) is 0 Å². The Balaban J connectivity index is 1.92. The van der Waals surface area contributed by atoms with E-state index in [4.69, 9.17) is 14.2 Å². The van der Waals surface area contributed by atoms with Crippen LogP contribution in [0.25, 0.3) is 0 Å². The van der Waals surface area contributed by atoms with Crippen LogP contribution in [0.1, 0.15) is 58.1 Å². The first-order valence-corrected chi connectivity index (χ1v) is 9.93. The minimum atomic E-state index is -0.380. The number of hydrogen-bond acceptors (Lipinski definition) is 3. The van der Waals surface area contributed by atoms with Crippen molar-refractivity contribution >= 4 is 0 Å². The maximum absolute atomic E-state index is 5.96.